The van der Waals surface area contributed by atoms with Gasteiger partial charge in [0, 0.05) is 5.54 Å². The Bertz CT molecular complexity index is 401. The van der Waals surface area contributed by atoms with Gasteiger partial charge in [0.1, 0.15) is 6.10 Å². The first-order valence-electron chi connectivity index (χ1n) is 7.24. The summed E-state index contributed by atoms with van der Waals surface area (Å²) in [5.74, 6) is 0. The van der Waals surface area contributed by atoms with Crippen molar-refractivity contribution < 1.29 is 9.47 Å². The Kier molecular flexibility index (Phi) is 4.97. The maximum Gasteiger partial charge on any atom is 0.106 e. The number of rotatable bonds is 6. The summed E-state index contributed by atoms with van der Waals surface area (Å²) in [6.45, 7) is 6.19. The zero-order valence-electron chi connectivity index (χ0n) is 12.0. The van der Waals surface area contributed by atoms with E-state index in [1.807, 2.05) is 0 Å². The normalized spacial score (nSPS) is 19.2. The summed E-state index contributed by atoms with van der Waals surface area (Å²) in [6, 6.07) is 8.46. The molecule has 2 rings (SSSR count). The van der Waals surface area contributed by atoms with Crippen LogP contribution in [0.5, 0.6) is 0 Å². The molecule has 0 bridgehead atoms. The molecule has 0 radical (unpaired) electrons. The zero-order chi connectivity index (χ0) is 13.7. The second-order valence-corrected chi connectivity index (χ2v) is 5.39. The summed E-state index contributed by atoms with van der Waals surface area (Å²) in [7, 11) is 0. The van der Waals surface area contributed by atoms with Crippen molar-refractivity contribution in [2.24, 2.45) is 5.73 Å². The van der Waals surface area contributed by atoms with Gasteiger partial charge in [-0.15, -0.1) is 0 Å². The number of hydrogen-bond acceptors (Lipinski definition) is 3. The van der Waals surface area contributed by atoms with E-state index in [-0.39, 0.29) is 11.6 Å². The van der Waals surface area contributed by atoms with Gasteiger partial charge in [0.25, 0.3) is 0 Å². The van der Waals surface area contributed by atoms with E-state index < -0.39 is 0 Å². The quantitative estimate of drug-likeness (QED) is 0.858. The molecule has 0 saturated carbocycles. The summed E-state index contributed by atoms with van der Waals surface area (Å²) in [5.41, 5.74) is 8.69. The Morgan fingerprint density at radius 1 is 1.32 bits per heavy atom. The van der Waals surface area contributed by atoms with Gasteiger partial charge >= 0.3 is 0 Å². The Hall–Kier alpha value is -0.900. The Balaban J connectivity index is 1.91. The summed E-state index contributed by atoms with van der Waals surface area (Å²) < 4.78 is 11.6. The third kappa shape index (κ3) is 3.56. The second-order valence-electron chi connectivity index (χ2n) is 5.39. The Morgan fingerprint density at radius 3 is 2.79 bits per heavy atom. The summed E-state index contributed by atoms with van der Waals surface area (Å²) in [6.07, 6.45) is 2.93. The van der Waals surface area contributed by atoms with E-state index in [1.54, 1.807) is 0 Å². The van der Waals surface area contributed by atoms with E-state index in [1.165, 1.54) is 11.1 Å². The first kappa shape index (κ1) is 14.5. The van der Waals surface area contributed by atoms with Crippen LogP contribution in [0, 0.1) is 0 Å². The molecular formula is C16H25NO2. The average Bonchev–Trinajstić information content (AvgIpc) is 2.47. The fourth-order valence-electron chi connectivity index (χ4n) is 2.44. The second kappa shape index (κ2) is 6.51. The topological polar surface area (TPSA) is 44.5 Å². The SMILES string of the molecule is CCC(N)(CC)COCC1OCCc2ccccc21. The Labute approximate surface area is 116 Å². The average molecular weight is 263 g/mol. The van der Waals surface area contributed by atoms with Crippen LogP contribution in [0.25, 0.3) is 0 Å². The molecule has 3 heteroatoms. The zero-order valence-corrected chi connectivity index (χ0v) is 12.0. The van der Waals surface area contributed by atoms with Crippen LogP contribution in [0.3, 0.4) is 0 Å². The minimum absolute atomic E-state index is 0.0583. The number of nitrogens with two attached hydrogens (primary N) is 1. The summed E-state index contributed by atoms with van der Waals surface area (Å²) in [4.78, 5) is 0. The van der Waals surface area contributed by atoms with Gasteiger partial charge < -0.3 is 15.2 Å². The van der Waals surface area contributed by atoms with Crippen molar-refractivity contribution in [2.75, 3.05) is 19.8 Å². The molecule has 0 aromatic heterocycles. The minimum atomic E-state index is -0.200. The highest BCUT2D eigenvalue weighted by atomic mass is 16.5. The van der Waals surface area contributed by atoms with Gasteiger partial charge in [-0.1, -0.05) is 38.1 Å². The lowest BCUT2D eigenvalue weighted by atomic mass is 9.95. The van der Waals surface area contributed by atoms with Crippen LogP contribution in [0.1, 0.15) is 43.9 Å². The van der Waals surface area contributed by atoms with E-state index in [0.29, 0.717) is 13.2 Å². The van der Waals surface area contributed by atoms with Crippen molar-refractivity contribution in [3.63, 3.8) is 0 Å². The molecule has 1 aromatic carbocycles. The molecule has 1 aliphatic rings. The molecule has 1 unspecified atom stereocenters. The van der Waals surface area contributed by atoms with Crippen molar-refractivity contribution in [3.05, 3.63) is 35.4 Å². The number of ether oxygens (including phenoxy) is 2. The standard InChI is InChI=1S/C16H25NO2/c1-3-16(17,4-2)12-18-11-15-14-8-6-5-7-13(14)9-10-19-15/h5-8,15H,3-4,9-12,17H2,1-2H3. The van der Waals surface area contributed by atoms with Crippen molar-refractivity contribution in [1.29, 1.82) is 0 Å². The van der Waals surface area contributed by atoms with Gasteiger partial charge in [0.15, 0.2) is 0 Å². The number of hydrogen-bond donors (Lipinski definition) is 1. The van der Waals surface area contributed by atoms with E-state index in [0.717, 1.165) is 25.9 Å². The third-order valence-electron chi connectivity index (χ3n) is 4.16. The van der Waals surface area contributed by atoms with E-state index in [2.05, 4.69) is 38.1 Å². The maximum atomic E-state index is 6.24. The summed E-state index contributed by atoms with van der Waals surface area (Å²) in [5, 5.41) is 0. The molecule has 0 amide bonds. The lowest BCUT2D eigenvalue weighted by molar-refractivity contribution is -0.0365. The predicted octanol–water partition coefficient (Wildman–Crippen LogP) is 2.83. The fourth-order valence-corrected chi connectivity index (χ4v) is 2.44. The smallest absolute Gasteiger partial charge is 0.106 e. The van der Waals surface area contributed by atoms with Crippen molar-refractivity contribution in [3.8, 4) is 0 Å². The number of benzene rings is 1. The van der Waals surface area contributed by atoms with Crippen molar-refractivity contribution in [2.45, 2.75) is 44.8 Å². The molecular weight excluding hydrogens is 238 g/mol. The molecule has 0 aliphatic carbocycles. The third-order valence-corrected chi connectivity index (χ3v) is 4.16. The largest absolute Gasteiger partial charge is 0.376 e. The summed E-state index contributed by atoms with van der Waals surface area (Å²) >= 11 is 0. The maximum absolute atomic E-state index is 6.24. The molecule has 3 nitrogen and oxygen atoms in total. The van der Waals surface area contributed by atoms with Crippen LogP contribution >= 0.6 is 0 Å². The van der Waals surface area contributed by atoms with Gasteiger partial charge in [0.2, 0.25) is 0 Å². The van der Waals surface area contributed by atoms with Gasteiger partial charge in [-0.2, -0.15) is 0 Å². The van der Waals surface area contributed by atoms with Crippen LogP contribution in [0.4, 0.5) is 0 Å². The van der Waals surface area contributed by atoms with Crippen LogP contribution in [-0.2, 0) is 15.9 Å². The molecule has 1 aliphatic heterocycles. The highest BCUT2D eigenvalue weighted by Gasteiger charge is 2.24. The van der Waals surface area contributed by atoms with Crippen molar-refractivity contribution in [1.82, 2.24) is 0 Å². The lowest BCUT2D eigenvalue weighted by Crippen LogP contribution is -2.43. The van der Waals surface area contributed by atoms with Crippen LogP contribution in [0.2, 0.25) is 0 Å². The van der Waals surface area contributed by atoms with E-state index in [4.69, 9.17) is 15.2 Å². The lowest BCUT2D eigenvalue weighted by Gasteiger charge is -2.29. The van der Waals surface area contributed by atoms with Gasteiger partial charge in [-0.05, 0) is 30.4 Å². The molecule has 0 saturated heterocycles. The molecule has 0 fully saturated rings. The van der Waals surface area contributed by atoms with Gasteiger partial charge in [-0.3, -0.25) is 0 Å². The van der Waals surface area contributed by atoms with E-state index >= 15 is 0 Å². The Morgan fingerprint density at radius 2 is 2.05 bits per heavy atom. The highest BCUT2D eigenvalue weighted by Crippen LogP contribution is 2.27. The van der Waals surface area contributed by atoms with Gasteiger partial charge in [-0.25, -0.2) is 0 Å². The molecule has 1 atom stereocenters. The number of fused-ring (bicyclic) bond motifs is 1. The fraction of sp³-hybridized carbons (Fsp3) is 0.625. The molecule has 19 heavy (non-hydrogen) atoms. The minimum Gasteiger partial charge on any atom is -0.376 e. The van der Waals surface area contributed by atoms with E-state index in [9.17, 15) is 0 Å². The molecule has 0 spiro atoms. The predicted molar refractivity (Wildman–Crippen MR) is 77.2 cm³/mol. The molecule has 106 valence electrons. The van der Waals surface area contributed by atoms with Crippen LogP contribution in [0.15, 0.2) is 24.3 Å². The molecule has 1 aromatic rings. The van der Waals surface area contributed by atoms with Crippen LogP contribution < -0.4 is 5.73 Å². The van der Waals surface area contributed by atoms with Gasteiger partial charge in [0.05, 0.1) is 19.8 Å². The monoisotopic (exact) mass is 263 g/mol. The van der Waals surface area contributed by atoms with Crippen molar-refractivity contribution >= 4 is 0 Å². The highest BCUT2D eigenvalue weighted by molar-refractivity contribution is 5.30. The first-order valence-corrected chi connectivity index (χ1v) is 7.24. The molecule has 1 heterocycles. The first-order chi connectivity index (χ1) is 9.18. The van der Waals surface area contributed by atoms with Crippen LogP contribution in [-0.4, -0.2) is 25.4 Å². The molecule has 2 N–H and O–H groups in total.